The molecule has 1 amide bonds. The number of carbonyl (C=O) groups excluding carboxylic acids is 1. The summed E-state index contributed by atoms with van der Waals surface area (Å²) in [6.45, 7) is 3.52. The third-order valence-electron chi connectivity index (χ3n) is 4.33. The second-order valence-electron chi connectivity index (χ2n) is 6.14. The number of aromatic nitrogens is 2. The molecule has 3 rings (SSSR count). The summed E-state index contributed by atoms with van der Waals surface area (Å²) in [5, 5.41) is 10.5. The Bertz CT molecular complexity index is 600. The van der Waals surface area contributed by atoms with Gasteiger partial charge in [-0.2, -0.15) is 5.10 Å². The fourth-order valence-corrected chi connectivity index (χ4v) is 3.04. The number of hydrogen-bond donors (Lipinski definition) is 2. The van der Waals surface area contributed by atoms with Gasteiger partial charge in [0.2, 0.25) is 0 Å². The second kappa shape index (κ2) is 7.92. The van der Waals surface area contributed by atoms with Crippen molar-refractivity contribution in [1.82, 2.24) is 20.4 Å². The number of rotatable bonds is 6. The molecule has 0 spiro atoms. The van der Waals surface area contributed by atoms with Crippen LogP contribution in [-0.4, -0.2) is 35.3 Å². The average molecular weight is 312 g/mol. The van der Waals surface area contributed by atoms with Crippen molar-refractivity contribution in [3.8, 4) is 0 Å². The predicted molar refractivity (Wildman–Crippen MR) is 90.3 cm³/mol. The van der Waals surface area contributed by atoms with Gasteiger partial charge in [-0.05, 0) is 62.0 Å². The van der Waals surface area contributed by atoms with Crippen molar-refractivity contribution < 1.29 is 4.79 Å². The highest BCUT2D eigenvalue weighted by Crippen LogP contribution is 2.16. The van der Waals surface area contributed by atoms with Gasteiger partial charge >= 0.3 is 0 Å². The van der Waals surface area contributed by atoms with E-state index >= 15 is 0 Å². The molecule has 0 saturated carbocycles. The molecular weight excluding hydrogens is 288 g/mol. The first kappa shape index (κ1) is 15.7. The summed E-state index contributed by atoms with van der Waals surface area (Å²) in [5.74, 6) is 0.695. The fourth-order valence-electron chi connectivity index (χ4n) is 3.04. The van der Waals surface area contributed by atoms with E-state index < -0.39 is 0 Å². The monoisotopic (exact) mass is 312 g/mol. The first-order valence-corrected chi connectivity index (χ1v) is 8.36. The number of benzene rings is 1. The number of nitrogens with one attached hydrogen (secondary N) is 2. The Morgan fingerprint density at radius 3 is 2.91 bits per heavy atom. The molecule has 5 nitrogen and oxygen atoms in total. The second-order valence-corrected chi connectivity index (χ2v) is 6.14. The van der Waals surface area contributed by atoms with Crippen molar-refractivity contribution in [2.45, 2.75) is 25.8 Å². The highest BCUT2D eigenvalue weighted by molar-refractivity contribution is 5.94. The Labute approximate surface area is 137 Å². The minimum absolute atomic E-state index is 0.0250. The van der Waals surface area contributed by atoms with Gasteiger partial charge in [0, 0.05) is 24.5 Å². The van der Waals surface area contributed by atoms with Crippen molar-refractivity contribution in [3.63, 3.8) is 0 Å². The lowest BCUT2D eigenvalue weighted by Crippen LogP contribution is -2.30. The molecule has 23 heavy (non-hydrogen) atoms. The largest absolute Gasteiger partial charge is 0.350 e. The highest BCUT2D eigenvalue weighted by atomic mass is 16.1. The van der Waals surface area contributed by atoms with Crippen molar-refractivity contribution >= 4 is 5.91 Å². The summed E-state index contributed by atoms with van der Waals surface area (Å²) < 4.78 is 1.81. The molecule has 122 valence electrons. The van der Waals surface area contributed by atoms with Gasteiger partial charge < -0.3 is 10.6 Å². The van der Waals surface area contributed by atoms with Gasteiger partial charge in [0.25, 0.3) is 5.91 Å². The van der Waals surface area contributed by atoms with Crippen molar-refractivity contribution in [3.05, 3.63) is 53.9 Å². The summed E-state index contributed by atoms with van der Waals surface area (Å²) >= 11 is 0. The molecule has 0 radical (unpaired) electrons. The van der Waals surface area contributed by atoms with Crippen LogP contribution in [0.1, 0.15) is 28.8 Å². The van der Waals surface area contributed by atoms with Crippen molar-refractivity contribution in [2.24, 2.45) is 5.92 Å². The van der Waals surface area contributed by atoms with E-state index in [1.807, 2.05) is 29.1 Å². The van der Waals surface area contributed by atoms with Crippen molar-refractivity contribution in [2.75, 3.05) is 19.6 Å². The lowest BCUT2D eigenvalue weighted by atomic mass is 9.92. The highest BCUT2D eigenvalue weighted by Gasteiger charge is 2.13. The summed E-state index contributed by atoms with van der Waals surface area (Å²) in [4.78, 5) is 12.1. The normalized spacial score (nSPS) is 17.8. The molecule has 1 aromatic heterocycles. The van der Waals surface area contributed by atoms with Gasteiger partial charge in [0.05, 0.1) is 6.54 Å². The van der Waals surface area contributed by atoms with E-state index in [9.17, 15) is 4.79 Å². The molecule has 0 unspecified atom stereocenters. The molecule has 2 heterocycles. The fraction of sp³-hybridized carbons (Fsp3) is 0.444. The van der Waals surface area contributed by atoms with Crippen LogP contribution in [0.5, 0.6) is 0 Å². The lowest BCUT2D eigenvalue weighted by molar-refractivity contribution is 0.0952. The number of carbonyl (C=O) groups is 1. The topological polar surface area (TPSA) is 59.0 Å². The van der Waals surface area contributed by atoms with Gasteiger partial charge in [-0.1, -0.05) is 12.1 Å². The third-order valence-corrected chi connectivity index (χ3v) is 4.33. The zero-order valence-corrected chi connectivity index (χ0v) is 13.4. The molecule has 0 bridgehead atoms. The smallest absolute Gasteiger partial charge is 0.251 e. The third kappa shape index (κ3) is 4.66. The summed E-state index contributed by atoms with van der Waals surface area (Å²) in [6, 6.07) is 9.89. The zero-order valence-electron chi connectivity index (χ0n) is 13.4. The maximum absolute atomic E-state index is 12.1. The van der Waals surface area contributed by atoms with Crippen molar-refractivity contribution in [1.29, 1.82) is 0 Å². The van der Waals surface area contributed by atoms with Gasteiger partial charge in [-0.15, -0.1) is 0 Å². The van der Waals surface area contributed by atoms with E-state index in [1.165, 1.54) is 18.4 Å². The standard InChI is InChI=1S/C18H24N4O/c23-18(20-10-12-22-11-2-9-21-22)17-6-4-15(5-7-17)13-16-3-1-8-19-14-16/h2,4-7,9,11,16,19H,1,3,8,10,12-14H2,(H,20,23)/t16-/m1/s1. The Morgan fingerprint density at radius 2 is 2.22 bits per heavy atom. The van der Waals surface area contributed by atoms with E-state index in [1.54, 1.807) is 6.20 Å². The molecule has 1 aliphatic rings. The first-order chi connectivity index (χ1) is 11.3. The molecule has 1 aliphatic heterocycles. The van der Waals surface area contributed by atoms with Crippen LogP contribution in [0.4, 0.5) is 0 Å². The van der Waals surface area contributed by atoms with E-state index in [0.29, 0.717) is 13.1 Å². The number of amides is 1. The molecule has 2 aromatic rings. The molecule has 0 aliphatic carbocycles. The van der Waals surface area contributed by atoms with Crippen LogP contribution in [0.3, 0.4) is 0 Å². The van der Waals surface area contributed by atoms with Crippen LogP contribution in [-0.2, 0) is 13.0 Å². The maximum Gasteiger partial charge on any atom is 0.251 e. The molecular formula is C18H24N4O. The maximum atomic E-state index is 12.1. The molecule has 1 saturated heterocycles. The van der Waals surface area contributed by atoms with E-state index in [4.69, 9.17) is 0 Å². The molecule has 5 heteroatoms. The molecule has 2 N–H and O–H groups in total. The van der Waals surface area contributed by atoms with Crippen LogP contribution in [0.15, 0.2) is 42.7 Å². The van der Waals surface area contributed by atoms with Gasteiger partial charge in [-0.25, -0.2) is 0 Å². The van der Waals surface area contributed by atoms with E-state index in [2.05, 4.69) is 27.9 Å². The summed E-state index contributed by atoms with van der Waals surface area (Å²) in [7, 11) is 0. The number of piperidine rings is 1. The van der Waals surface area contributed by atoms with Gasteiger partial charge in [-0.3, -0.25) is 9.48 Å². The Balaban J connectivity index is 1.46. The van der Waals surface area contributed by atoms with Crippen LogP contribution >= 0.6 is 0 Å². The van der Waals surface area contributed by atoms with Gasteiger partial charge in [0.1, 0.15) is 0 Å². The average Bonchev–Trinajstić information content (AvgIpc) is 3.10. The molecule has 1 fully saturated rings. The minimum atomic E-state index is -0.0250. The molecule has 1 aromatic carbocycles. The van der Waals surface area contributed by atoms with Crippen LogP contribution in [0.25, 0.3) is 0 Å². The van der Waals surface area contributed by atoms with Crippen LogP contribution < -0.4 is 10.6 Å². The minimum Gasteiger partial charge on any atom is -0.350 e. The van der Waals surface area contributed by atoms with E-state index in [-0.39, 0.29) is 5.91 Å². The van der Waals surface area contributed by atoms with Gasteiger partial charge in [0.15, 0.2) is 0 Å². The molecule has 1 atom stereocenters. The zero-order chi connectivity index (χ0) is 15.9. The van der Waals surface area contributed by atoms with Crippen LogP contribution in [0, 0.1) is 5.92 Å². The predicted octanol–water partition coefficient (Wildman–Crippen LogP) is 1.86. The number of hydrogen-bond acceptors (Lipinski definition) is 3. The van der Waals surface area contributed by atoms with Crippen LogP contribution in [0.2, 0.25) is 0 Å². The lowest BCUT2D eigenvalue weighted by Gasteiger charge is -2.22. The van der Waals surface area contributed by atoms with E-state index in [0.717, 1.165) is 31.0 Å². The SMILES string of the molecule is O=C(NCCn1cccn1)c1ccc(C[C@H]2CCCNC2)cc1. The quantitative estimate of drug-likeness (QED) is 0.856. The Kier molecular flexibility index (Phi) is 5.42. The summed E-state index contributed by atoms with van der Waals surface area (Å²) in [5.41, 5.74) is 2.03. The Hall–Kier alpha value is -2.14. The summed E-state index contributed by atoms with van der Waals surface area (Å²) in [6.07, 6.45) is 7.28. The first-order valence-electron chi connectivity index (χ1n) is 8.36. The number of nitrogens with zero attached hydrogens (tertiary/aromatic N) is 2. The Morgan fingerprint density at radius 1 is 1.35 bits per heavy atom.